The summed E-state index contributed by atoms with van der Waals surface area (Å²) in [5.41, 5.74) is 14.5. The minimum absolute atomic E-state index is 0.619. The van der Waals surface area contributed by atoms with Crippen LogP contribution in [0.3, 0.4) is 0 Å². The Bertz CT molecular complexity index is 3560. The number of rotatable bonds is 17. The van der Waals surface area contributed by atoms with Crippen LogP contribution >= 0.6 is 0 Å². The van der Waals surface area contributed by atoms with Gasteiger partial charge >= 0.3 is 0 Å². The van der Waals surface area contributed by atoms with Gasteiger partial charge in [-0.1, -0.05) is 156 Å². The van der Waals surface area contributed by atoms with E-state index in [-0.39, 0.29) is 0 Å². The highest BCUT2D eigenvalue weighted by atomic mass is 15.4. The van der Waals surface area contributed by atoms with Crippen LogP contribution in [-0.4, -0.2) is 55.5 Å². The summed E-state index contributed by atoms with van der Waals surface area (Å²) in [6, 6.07) is 46.2. The van der Waals surface area contributed by atoms with Gasteiger partial charge in [0.25, 0.3) is 0 Å². The zero-order valence-corrected chi connectivity index (χ0v) is 37.8. The predicted octanol–water partition coefficient (Wildman–Crippen LogP) is 10.5. The Balaban J connectivity index is 0.571. The van der Waals surface area contributed by atoms with E-state index in [1.807, 2.05) is 34.2 Å². The van der Waals surface area contributed by atoms with Crippen LogP contribution in [0.2, 0.25) is 0 Å². The van der Waals surface area contributed by atoms with Gasteiger partial charge in [-0.25, -0.2) is 0 Å². The summed E-state index contributed by atoms with van der Waals surface area (Å²) >= 11 is 0. The first-order valence-electron chi connectivity index (χ1n) is 23.7. The third kappa shape index (κ3) is 8.40. The molecule has 0 spiro atoms. The maximum absolute atomic E-state index is 4.67. The van der Waals surface area contributed by atoms with Crippen molar-refractivity contribution >= 4 is 61.1 Å². The van der Waals surface area contributed by atoms with Gasteiger partial charge in [0.05, 0.1) is 37.6 Å². The molecule has 0 bridgehead atoms. The molecule has 68 heavy (non-hydrogen) atoms. The Morgan fingerprint density at radius 1 is 0.515 bits per heavy atom. The number of aromatic nitrogens is 6. The highest BCUT2D eigenvalue weighted by Gasteiger charge is 2.20. The van der Waals surface area contributed by atoms with E-state index in [2.05, 4.69) is 187 Å². The van der Waals surface area contributed by atoms with Gasteiger partial charge < -0.3 is 10.6 Å². The van der Waals surface area contributed by atoms with Crippen molar-refractivity contribution < 1.29 is 0 Å². The van der Waals surface area contributed by atoms with Crippen LogP contribution in [0.1, 0.15) is 50.3 Å². The van der Waals surface area contributed by atoms with Crippen molar-refractivity contribution in [1.29, 1.82) is 0 Å². The lowest BCUT2D eigenvalue weighted by molar-refractivity contribution is 0.599. The molecule has 0 atom stereocenters. The fourth-order valence-corrected chi connectivity index (χ4v) is 10.1. The molecule has 10 nitrogen and oxygen atoms in total. The Morgan fingerprint density at radius 3 is 1.71 bits per heavy atom. The lowest BCUT2D eigenvalue weighted by atomic mass is 9.81. The molecule has 10 heteroatoms. The van der Waals surface area contributed by atoms with E-state index in [0.29, 0.717) is 39.3 Å². The summed E-state index contributed by atoms with van der Waals surface area (Å²) in [5, 5.41) is 35.3. The summed E-state index contributed by atoms with van der Waals surface area (Å²) in [4.78, 5) is 9.34. The fraction of sp³-hybridized carbons (Fsp3) is 0.172. The van der Waals surface area contributed by atoms with Crippen LogP contribution in [-0.2, 0) is 52.1 Å². The van der Waals surface area contributed by atoms with Crippen molar-refractivity contribution in [3.63, 3.8) is 0 Å². The van der Waals surface area contributed by atoms with E-state index in [4.69, 9.17) is 0 Å². The van der Waals surface area contributed by atoms with Gasteiger partial charge in [-0.15, -0.1) is 10.2 Å². The summed E-state index contributed by atoms with van der Waals surface area (Å²) < 4.78 is 3.74. The summed E-state index contributed by atoms with van der Waals surface area (Å²) in [5.74, 6) is 0. The first-order valence-corrected chi connectivity index (χ1v) is 23.7. The minimum Gasteiger partial charge on any atom is -0.307 e. The van der Waals surface area contributed by atoms with Crippen LogP contribution in [0.25, 0.3) is 59.8 Å². The van der Waals surface area contributed by atoms with Crippen molar-refractivity contribution in [2.75, 3.05) is 13.1 Å². The molecule has 12 rings (SSSR count). The van der Waals surface area contributed by atoms with Gasteiger partial charge in [0.1, 0.15) is 0 Å². The molecular weight excluding hydrogens is 837 g/mol. The van der Waals surface area contributed by atoms with Gasteiger partial charge in [0, 0.05) is 51.0 Å². The van der Waals surface area contributed by atoms with Crippen molar-refractivity contribution in [2.24, 2.45) is 9.98 Å². The molecule has 10 aromatic rings. The van der Waals surface area contributed by atoms with Crippen molar-refractivity contribution in [3.05, 3.63) is 208 Å². The summed E-state index contributed by atoms with van der Waals surface area (Å²) in [6.45, 7) is 5.41. The van der Waals surface area contributed by atoms with Gasteiger partial charge in [-0.2, -0.15) is 0 Å². The maximum atomic E-state index is 4.67. The van der Waals surface area contributed by atoms with Gasteiger partial charge in [0.2, 0.25) is 0 Å². The lowest BCUT2D eigenvalue weighted by Gasteiger charge is -2.24. The van der Waals surface area contributed by atoms with E-state index in [1.165, 1.54) is 76.5 Å². The minimum atomic E-state index is 0.619. The standard InChI is InChI=1S/C58H50N10/c1-3-43-15-17-47-19-21-49(53-25-23-45(5-1)55(43)57(47)53)33-61-35-51-37-67(65-63-51)29-27-59-31-39-7-11-41(12-8-39)42-13-9-40(10-14-42)32-60-28-30-68-38-52(64-66-68)36-62-34-50-22-20-48-18-16-44-4-2-6-46-24-26-54(50)58(48)56(44)46/h1-5,7-17,19-26,31-32,37-38,61-62H,6,18,27-30,33-36H2. The van der Waals surface area contributed by atoms with E-state index in [9.17, 15) is 0 Å². The number of benzene rings is 8. The molecule has 8 aromatic carbocycles. The molecular formula is C58H50N10. The van der Waals surface area contributed by atoms with Crippen molar-refractivity contribution in [1.82, 2.24) is 40.6 Å². The second-order valence-electron chi connectivity index (χ2n) is 17.9. The SMILES string of the molecule is C1=CC2=CCc3ccc(CNCc4cn(CCN=Cc5ccc(-c6ccc(C=NCCn7cc(CNCc8ccc9ccc%10cccc%11ccc8c9c%10%11)nn7)cc6)cc5)nn4)c4ccc(c2c34)C1. The van der Waals surface area contributed by atoms with Crippen LogP contribution in [0, 0.1) is 0 Å². The van der Waals surface area contributed by atoms with Crippen LogP contribution in [0.5, 0.6) is 0 Å². The Morgan fingerprint density at radius 2 is 1.06 bits per heavy atom. The maximum Gasteiger partial charge on any atom is 0.0964 e. The van der Waals surface area contributed by atoms with E-state index < -0.39 is 0 Å². The number of allylic oxidation sites excluding steroid dienone is 4. The molecule has 0 fully saturated rings. The molecule has 0 radical (unpaired) electrons. The molecule has 2 aromatic heterocycles. The third-order valence-corrected chi connectivity index (χ3v) is 13.5. The Kier molecular flexibility index (Phi) is 11.2. The van der Waals surface area contributed by atoms with Gasteiger partial charge in [-0.3, -0.25) is 19.3 Å². The van der Waals surface area contributed by atoms with E-state index >= 15 is 0 Å². The Hall–Kier alpha value is -7.92. The van der Waals surface area contributed by atoms with Gasteiger partial charge in [0.15, 0.2) is 0 Å². The molecule has 2 aliphatic carbocycles. The van der Waals surface area contributed by atoms with Crippen LogP contribution in [0.15, 0.2) is 168 Å². The van der Waals surface area contributed by atoms with E-state index in [0.717, 1.165) is 59.6 Å². The largest absolute Gasteiger partial charge is 0.307 e. The first-order chi connectivity index (χ1) is 33.7. The monoisotopic (exact) mass is 886 g/mol. The zero-order valence-electron chi connectivity index (χ0n) is 37.8. The topological polar surface area (TPSA) is 110 Å². The average molecular weight is 887 g/mol. The molecule has 0 saturated carbocycles. The van der Waals surface area contributed by atoms with E-state index in [1.54, 1.807) is 0 Å². The number of nitrogens with zero attached hydrogens (tertiary/aromatic N) is 8. The smallest absolute Gasteiger partial charge is 0.0964 e. The second-order valence-corrected chi connectivity index (χ2v) is 17.9. The van der Waals surface area contributed by atoms with Crippen LogP contribution < -0.4 is 10.6 Å². The molecule has 2 heterocycles. The molecule has 0 unspecified atom stereocenters. The van der Waals surface area contributed by atoms with Crippen LogP contribution in [0.4, 0.5) is 0 Å². The fourth-order valence-electron chi connectivity index (χ4n) is 10.1. The highest BCUT2D eigenvalue weighted by molar-refractivity contribution is 6.23. The molecule has 2 aliphatic rings. The highest BCUT2D eigenvalue weighted by Crippen LogP contribution is 2.40. The average Bonchev–Trinajstić information content (AvgIpc) is 4.05. The molecule has 332 valence electrons. The van der Waals surface area contributed by atoms with Crippen molar-refractivity contribution in [2.45, 2.75) is 52.1 Å². The number of nitrogens with one attached hydrogen (secondary N) is 2. The number of hydrogen-bond acceptors (Lipinski definition) is 8. The summed E-state index contributed by atoms with van der Waals surface area (Å²) in [6.07, 6.45) is 16.8. The quantitative estimate of drug-likeness (QED) is 0.0696. The molecule has 0 aliphatic heterocycles. The molecule has 0 saturated heterocycles. The zero-order chi connectivity index (χ0) is 45.2. The first kappa shape index (κ1) is 41.5. The number of aliphatic imine (C=N–C) groups is 2. The molecule has 0 amide bonds. The van der Waals surface area contributed by atoms with Crippen molar-refractivity contribution in [3.8, 4) is 11.1 Å². The Labute approximate surface area is 394 Å². The lowest BCUT2D eigenvalue weighted by Crippen LogP contribution is -2.14. The van der Waals surface area contributed by atoms with Gasteiger partial charge in [-0.05, 0) is 112 Å². The predicted molar refractivity (Wildman–Crippen MR) is 277 cm³/mol. The normalized spacial score (nSPS) is 13.4. The second kappa shape index (κ2) is 18.4. The summed E-state index contributed by atoms with van der Waals surface area (Å²) in [7, 11) is 0. The third-order valence-electron chi connectivity index (χ3n) is 13.5. The molecule has 2 N–H and O–H groups in total. The number of hydrogen-bond donors (Lipinski definition) is 2.